The van der Waals surface area contributed by atoms with Gasteiger partial charge in [0.05, 0.1) is 7.11 Å². The third kappa shape index (κ3) is 1.65. The van der Waals surface area contributed by atoms with Gasteiger partial charge in [0.25, 0.3) is 0 Å². The van der Waals surface area contributed by atoms with Gasteiger partial charge in [-0.3, -0.25) is 4.84 Å². The summed E-state index contributed by atoms with van der Waals surface area (Å²) in [6.07, 6.45) is 1.85. The van der Waals surface area contributed by atoms with Crippen LogP contribution < -0.4 is 5.48 Å². The van der Waals surface area contributed by atoms with Crippen molar-refractivity contribution in [3.63, 3.8) is 0 Å². The fourth-order valence-corrected chi connectivity index (χ4v) is 1.24. The third-order valence-corrected chi connectivity index (χ3v) is 1.94. The van der Waals surface area contributed by atoms with Crippen LogP contribution in [0, 0.1) is 0 Å². The second-order valence-electron chi connectivity index (χ2n) is 2.79. The molecule has 0 fully saturated rings. The number of benzene rings is 1. The minimum atomic E-state index is -0.0452. The van der Waals surface area contributed by atoms with Crippen LogP contribution in [0.15, 0.2) is 42.3 Å². The number of nitrogens with one attached hydrogen (secondary N) is 1. The first-order valence-corrected chi connectivity index (χ1v) is 4.12. The minimum absolute atomic E-state index is 0.0452. The number of hydrogen-bond donors (Lipinski definition) is 1. The molecule has 1 heterocycles. The van der Waals surface area contributed by atoms with E-state index in [1.165, 1.54) is 0 Å². The van der Waals surface area contributed by atoms with Gasteiger partial charge >= 0.3 is 0 Å². The number of rotatable bonds is 2. The van der Waals surface area contributed by atoms with Crippen LogP contribution >= 0.6 is 0 Å². The van der Waals surface area contributed by atoms with E-state index in [-0.39, 0.29) is 6.10 Å². The lowest BCUT2D eigenvalue weighted by Crippen LogP contribution is -2.08. The van der Waals surface area contributed by atoms with Crippen molar-refractivity contribution in [2.75, 3.05) is 7.11 Å². The van der Waals surface area contributed by atoms with Crippen LogP contribution in [0.1, 0.15) is 11.7 Å². The van der Waals surface area contributed by atoms with Gasteiger partial charge in [-0.15, -0.1) is 0 Å². The van der Waals surface area contributed by atoms with Crippen molar-refractivity contribution in [3.8, 4) is 0 Å². The molecule has 0 aliphatic carbocycles. The molecule has 0 saturated carbocycles. The molecule has 0 spiro atoms. The fourth-order valence-electron chi connectivity index (χ4n) is 1.24. The van der Waals surface area contributed by atoms with E-state index >= 15 is 0 Å². The predicted molar refractivity (Wildman–Crippen MR) is 48.5 cm³/mol. The van der Waals surface area contributed by atoms with Crippen LogP contribution in [0.5, 0.6) is 0 Å². The molecule has 2 rings (SSSR count). The normalized spacial score (nSPS) is 20.7. The summed E-state index contributed by atoms with van der Waals surface area (Å²) in [4.78, 5) is 5.27. The Hall–Kier alpha value is -1.48. The van der Waals surface area contributed by atoms with E-state index in [1.54, 1.807) is 7.11 Å². The van der Waals surface area contributed by atoms with Crippen molar-refractivity contribution in [1.82, 2.24) is 5.48 Å². The van der Waals surface area contributed by atoms with E-state index in [4.69, 9.17) is 9.57 Å². The highest BCUT2D eigenvalue weighted by molar-refractivity contribution is 5.23. The summed E-state index contributed by atoms with van der Waals surface area (Å²) in [5.41, 5.74) is 3.81. The molecule has 13 heavy (non-hydrogen) atoms. The Balaban J connectivity index is 2.16. The van der Waals surface area contributed by atoms with Gasteiger partial charge in [-0.25, -0.2) is 5.48 Å². The van der Waals surface area contributed by atoms with Gasteiger partial charge in [0.2, 0.25) is 5.88 Å². The van der Waals surface area contributed by atoms with Gasteiger partial charge in [0.1, 0.15) is 6.10 Å². The lowest BCUT2D eigenvalue weighted by atomic mass is 10.1. The Morgan fingerprint density at radius 1 is 1.31 bits per heavy atom. The predicted octanol–water partition coefficient (Wildman–Crippen LogP) is 1.75. The highest BCUT2D eigenvalue weighted by Gasteiger charge is 2.17. The zero-order chi connectivity index (χ0) is 9.10. The van der Waals surface area contributed by atoms with E-state index in [9.17, 15) is 0 Å². The third-order valence-electron chi connectivity index (χ3n) is 1.94. The number of hydroxylamine groups is 1. The average molecular weight is 177 g/mol. The second-order valence-corrected chi connectivity index (χ2v) is 2.79. The molecule has 3 nitrogen and oxygen atoms in total. The van der Waals surface area contributed by atoms with Crippen molar-refractivity contribution < 1.29 is 9.57 Å². The van der Waals surface area contributed by atoms with Crippen LogP contribution in [0.2, 0.25) is 0 Å². The summed E-state index contributed by atoms with van der Waals surface area (Å²) < 4.78 is 4.99. The molecule has 1 aliphatic heterocycles. The van der Waals surface area contributed by atoms with E-state index in [1.807, 2.05) is 36.4 Å². The molecule has 1 unspecified atom stereocenters. The van der Waals surface area contributed by atoms with Crippen molar-refractivity contribution in [3.05, 3.63) is 47.9 Å². The molecule has 1 atom stereocenters. The highest BCUT2D eigenvalue weighted by Crippen LogP contribution is 2.23. The molecule has 3 heteroatoms. The molecule has 0 saturated heterocycles. The first-order chi connectivity index (χ1) is 6.40. The first-order valence-electron chi connectivity index (χ1n) is 4.12. The lowest BCUT2D eigenvalue weighted by Gasteiger charge is -2.05. The summed E-state index contributed by atoms with van der Waals surface area (Å²) in [6, 6.07) is 9.98. The largest absolute Gasteiger partial charge is 0.481 e. The maximum absolute atomic E-state index is 5.27. The Labute approximate surface area is 76.9 Å². The van der Waals surface area contributed by atoms with Gasteiger partial charge in [0, 0.05) is 6.08 Å². The van der Waals surface area contributed by atoms with Gasteiger partial charge in [-0.1, -0.05) is 30.3 Å². The van der Waals surface area contributed by atoms with Gasteiger partial charge in [-0.2, -0.15) is 0 Å². The van der Waals surface area contributed by atoms with Crippen LogP contribution in [-0.2, 0) is 9.57 Å². The Kier molecular flexibility index (Phi) is 2.19. The summed E-state index contributed by atoms with van der Waals surface area (Å²) >= 11 is 0. The maximum atomic E-state index is 5.27. The maximum Gasteiger partial charge on any atom is 0.209 e. The van der Waals surface area contributed by atoms with E-state index in [2.05, 4.69) is 5.48 Å². The summed E-state index contributed by atoms with van der Waals surface area (Å²) in [6.45, 7) is 0. The molecule has 1 aliphatic rings. The van der Waals surface area contributed by atoms with Gasteiger partial charge < -0.3 is 4.74 Å². The lowest BCUT2D eigenvalue weighted by molar-refractivity contribution is 0.0188. The van der Waals surface area contributed by atoms with E-state index in [0.717, 1.165) is 5.56 Å². The molecule has 0 bridgehead atoms. The summed E-state index contributed by atoms with van der Waals surface area (Å²) in [7, 11) is 1.61. The summed E-state index contributed by atoms with van der Waals surface area (Å²) in [5, 5.41) is 0. The van der Waals surface area contributed by atoms with Crippen molar-refractivity contribution >= 4 is 0 Å². The smallest absolute Gasteiger partial charge is 0.209 e. The zero-order valence-electron chi connectivity index (χ0n) is 7.36. The number of methoxy groups -OCH3 is 1. The van der Waals surface area contributed by atoms with E-state index in [0.29, 0.717) is 5.88 Å². The Bertz CT molecular complexity index is 308. The molecular weight excluding hydrogens is 166 g/mol. The fraction of sp³-hybridized carbons (Fsp3) is 0.200. The highest BCUT2D eigenvalue weighted by atomic mass is 16.7. The quantitative estimate of drug-likeness (QED) is 0.746. The van der Waals surface area contributed by atoms with Crippen LogP contribution in [0.25, 0.3) is 0 Å². The monoisotopic (exact) mass is 177 g/mol. The van der Waals surface area contributed by atoms with Gasteiger partial charge in [0.15, 0.2) is 0 Å². The zero-order valence-corrected chi connectivity index (χ0v) is 7.36. The van der Waals surface area contributed by atoms with Crippen molar-refractivity contribution in [2.45, 2.75) is 6.10 Å². The average Bonchev–Trinajstić information content (AvgIpc) is 2.67. The SMILES string of the molecule is COC1=CC(c2ccccc2)ON1. The van der Waals surface area contributed by atoms with Crippen LogP contribution in [0.4, 0.5) is 0 Å². The second kappa shape index (κ2) is 3.49. The van der Waals surface area contributed by atoms with E-state index < -0.39 is 0 Å². The molecule has 1 aromatic carbocycles. The topological polar surface area (TPSA) is 30.5 Å². The van der Waals surface area contributed by atoms with Crippen LogP contribution in [0.3, 0.4) is 0 Å². The molecule has 1 N–H and O–H groups in total. The summed E-state index contributed by atoms with van der Waals surface area (Å²) in [5.74, 6) is 0.661. The molecule has 1 aromatic rings. The standard InChI is InChI=1S/C10H11NO2/c1-12-10-7-9(13-11-10)8-5-3-2-4-6-8/h2-7,9,11H,1H3. The van der Waals surface area contributed by atoms with Crippen molar-refractivity contribution in [1.29, 1.82) is 0 Å². The van der Waals surface area contributed by atoms with Crippen molar-refractivity contribution in [2.24, 2.45) is 0 Å². The number of ether oxygens (including phenoxy) is 1. The number of hydrogen-bond acceptors (Lipinski definition) is 3. The molecule has 68 valence electrons. The van der Waals surface area contributed by atoms with Gasteiger partial charge in [-0.05, 0) is 5.56 Å². The van der Waals surface area contributed by atoms with Crippen LogP contribution in [-0.4, -0.2) is 7.11 Å². The minimum Gasteiger partial charge on any atom is -0.481 e. The molecular formula is C10H11NO2. The Morgan fingerprint density at radius 2 is 2.08 bits per heavy atom. The molecule has 0 amide bonds. The molecule has 0 radical (unpaired) electrons. The Morgan fingerprint density at radius 3 is 2.69 bits per heavy atom. The first kappa shape index (κ1) is 8.13. The molecule has 0 aromatic heterocycles.